The zero-order valence-electron chi connectivity index (χ0n) is 24.0. The topological polar surface area (TPSA) is 96.7 Å². The predicted molar refractivity (Wildman–Crippen MR) is 164 cm³/mol. The highest BCUT2D eigenvalue weighted by Crippen LogP contribution is 2.35. The fraction of sp³-hybridized carbons (Fsp3) is 0.303. The summed E-state index contributed by atoms with van der Waals surface area (Å²) in [5, 5.41) is 16.8. The fourth-order valence-corrected chi connectivity index (χ4v) is 5.26. The molecule has 230 valence electrons. The highest BCUT2D eigenvalue weighted by Gasteiger charge is 2.36. The van der Waals surface area contributed by atoms with E-state index >= 15 is 0 Å². The first-order valence-corrected chi connectivity index (χ1v) is 14.9. The summed E-state index contributed by atoms with van der Waals surface area (Å²) in [4.78, 5) is 25.2. The van der Waals surface area contributed by atoms with Crippen molar-refractivity contribution >= 4 is 29.2 Å². The average Bonchev–Trinajstić information content (AvgIpc) is 3.61. The number of unbranched alkanes of at least 4 members (excludes halogenated alkanes) is 3. The van der Waals surface area contributed by atoms with Gasteiger partial charge in [0.2, 0.25) is 0 Å². The quantitative estimate of drug-likeness (QED) is 0.147. The maximum atomic E-state index is 14.3. The van der Waals surface area contributed by atoms with Crippen LogP contribution in [0.2, 0.25) is 5.02 Å². The van der Waals surface area contributed by atoms with Gasteiger partial charge >= 0.3 is 5.97 Å². The molecule has 44 heavy (non-hydrogen) atoms. The number of carboxylic acids is 1. The van der Waals surface area contributed by atoms with E-state index in [9.17, 15) is 18.4 Å². The summed E-state index contributed by atoms with van der Waals surface area (Å²) >= 11 is 5.88. The van der Waals surface area contributed by atoms with E-state index in [-0.39, 0.29) is 24.0 Å². The summed E-state index contributed by atoms with van der Waals surface area (Å²) in [5.41, 5.74) is 4.19. The minimum Gasteiger partial charge on any atom is -0.481 e. The molecule has 11 heteroatoms. The van der Waals surface area contributed by atoms with E-state index in [1.165, 1.54) is 28.9 Å². The largest absolute Gasteiger partial charge is 0.481 e. The second kappa shape index (κ2) is 14.5. The summed E-state index contributed by atoms with van der Waals surface area (Å²) in [6, 6.07) is 18.3. The molecule has 1 fully saturated rings. The number of hydrogen-bond acceptors (Lipinski definition) is 5. The van der Waals surface area contributed by atoms with E-state index in [1.54, 1.807) is 29.3 Å². The van der Waals surface area contributed by atoms with E-state index in [1.807, 2.05) is 24.3 Å². The van der Waals surface area contributed by atoms with Gasteiger partial charge in [-0.1, -0.05) is 36.6 Å². The molecule has 4 aromatic rings. The van der Waals surface area contributed by atoms with Crippen LogP contribution in [0.4, 0.5) is 14.5 Å². The lowest BCUT2D eigenvalue weighted by Gasteiger charge is -2.23. The number of nitrogens with zero attached hydrogens (tertiary/aromatic N) is 3. The molecule has 0 aliphatic carbocycles. The number of ether oxygens (including phenoxy) is 1. The van der Waals surface area contributed by atoms with Crippen molar-refractivity contribution < 1.29 is 28.2 Å². The highest BCUT2D eigenvalue weighted by atomic mass is 35.5. The lowest BCUT2D eigenvalue weighted by molar-refractivity contribution is -0.137. The van der Waals surface area contributed by atoms with Gasteiger partial charge in [-0.2, -0.15) is 5.10 Å². The van der Waals surface area contributed by atoms with Crippen molar-refractivity contribution in [2.45, 2.75) is 44.8 Å². The van der Waals surface area contributed by atoms with E-state index in [2.05, 4.69) is 10.4 Å². The van der Waals surface area contributed by atoms with E-state index < -0.39 is 23.8 Å². The van der Waals surface area contributed by atoms with Gasteiger partial charge in [0.05, 0.1) is 10.7 Å². The Kier molecular flexibility index (Phi) is 10.2. The molecule has 1 unspecified atom stereocenters. The van der Waals surface area contributed by atoms with Crippen LogP contribution in [0.25, 0.3) is 16.9 Å². The smallest absolute Gasteiger partial charge is 0.303 e. The first-order valence-electron chi connectivity index (χ1n) is 14.5. The van der Waals surface area contributed by atoms with Crippen molar-refractivity contribution in [3.05, 3.63) is 101 Å². The number of carbonyl (C=O) groups is 2. The Hall–Kier alpha value is -4.28. The van der Waals surface area contributed by atoms with Crippen molar-refractivity contribution in [1.82, 2.24) is 14.7 Å². The van der Waals surface area contributed by atoms with E-state index in [0.717, 1.165) is 37.1 Å². The standard InChI is InChI=1S/C33H33ClF2N4O4/c34-28-15-14-26(19-29(28)36)40-20-27(32(38-40)23-8-10-24(35)11-9-23)33-39(30(41)21-44-33)18-16-22-6-12-25(13-7-22)37-17-4-2-1-3-5-31(42)43/h6-15,19-20,33,37H,1-5,16-18,21H2,(H,42,43). The molecule has 5 rings (SSSR count). The average molecular weight is 623 g/mol. The summed E-state index contributed by atoms with van der Waals surface area (Å²) < 4.78 is 35.4. The van der Waals surface area contributed by atoms with Crippen LogP contribution in [0.1, 0.15) is 49.5 Å². The number of halogens is 3. The number of hydrogen-bond donors (Lipinski definition) is 2. The second-order valence-corrected chi connectivity index (χ2v) is 11.1. The number of benzene rings is 3. The Morgan fingerprint density at radius 3 is 2.50 bits per heavy atom. The molecule has 1 amide bonds. The Morgan fingerprint density at radius 2 is 1.77 bits per heavy atom. The summed E-state index contributed by atoms with van der Waals surface area (Å²) in [6.07, 6.45) is 5.32. The van der Waals surface area contributed by atoms with Gasteiger partial charge in [0.25, 0.3) is 5.91 Å². The van der Waals surface area contributed by atoms with Gasteiger partial charge in [0.1, 0.15) is 23.9 Å². The molecule has 0 spiro atoms. The lowest BCUT2D eigenvalue weighted by Crippen LogP contribution is -2.30. The van der Waals surface area contributed by atoms with Gasteiger partial charge in [0.15, 0.2) is 6.23 Å². The molecular formula is C33H33ClF2N4O4. The SMILES string of the molecule is O=C(O)CCCCCCNc1ccc(CCN2C(=O)COC2c2cn(-c3ccc(Cl)c(F)c3)nc2-c2ccc(F)cc2)cc1. The zero-order valence-corrected chi connectivity index (χ0v) is 24.8. The van der Waals surface area contributed by atoms with Gasteiger partial charge in [-0.3, -0.25) is 9.59 Å². The van der Waals surface area contributed by atoms with Crippen molar-refractivity contribution in [3.8, 4) is 16.9 Å². The molecule has 1 aromatic heterocycles. The van der Waals surface area contributed by atoms with E-state index in [0.29, 0.717) is 41.9 Å². The molecule has 1 aliphatic heterocycles. The van der Waals surface area contributed by atoms with Gasteiger partial charge < -0.3 is 20.1 Å². The Labute approximate surface area is 259 Å². The Balaban J connectivity index is 1.26. The monoisotopic (exact) mass is 622 g/mol. The number of aromatic nitrogens is 2. The van der Waals surface area contributed by atoms with Gasteiger partial charge in [-0.05, 0) is 73.4 Å². The molecular weight excluding hydrogens is 590 g/mol. The molecule has 0 radical (unpaired) electrons. The van der Waals surface area contributed by atoms with Crippen LogP contribution in [0, 0.1) is 11.6 Å². The first-order chi connectivity index (χ1) is 21.3. The second-order valence-electron chi connectivity index (χ2n) is 10.7. The van der Waals surface area contributed by atoms with Gasteiger partial charge in [-0.15, -0.1) is 0 Å². The number of nitrogens with one attached hydrogen (secondary N) is 1. The Bertz CT molecular complexity index is 1590. The van der Waals surface area contributed by atoms with Crippen molar-refractivity contribution in [3.63, 3.8) is 0 Å². The number of rotatable bonds is 14. The van der Waals surface area contributed by atoms with Crippen molar-refractivity contribution in [2.75, 3.05) is 25.0 Å². The van der Waals surface area contributed by atoms with Crippen LogP contribution >= 0.6 is 11.6 Å². The third-order valence-corrected chi connectivity index (χ3v) is 7.81. The zero-order chi connectivity index (χ0) is 31.1. The fourth-order valence-electron chi connectivity index (χ4n) is 5.14. The molecule has 1 saturated heterocycles. The molecule has 2 heterocycles. The molecule has 1 aliphatic rings. The third-order valence-electron chi connectivity index (χ3n) is 7.50. The Morgan fingerprint density at radius 1 is 1.02 bits per heavy atom. The van der Waals surface area contributed by atoms with Crippen LogP contribution < -0.4 is 5.32 Å². The minimum absolute atomic E-state index is 0.00966. The predicted octanol–water partition coefficient (Wildman–Crippen LogP) is 7.02. The molecule has 2 N–H and O–H groups in total. The molecule has 0 saturated carbocycles. The van der Waals surface area contributed by atoms with E-state index in [4.69, 9.17) is 21.4 Å². The van der Waals surface area contributed by atoms with Crippen LogP contribution in [0.3, 0.4) is 0 Å². The van der Waals surface area contributed by atoms with Crippen molar-refractivity contribution in [2.24, 2.45) is 0 Å². The van der Waals surface area contributed by atoms with Crippen LogP contribution in [0.15, 0.2) is 72.9 Å². The maximum absolute atomic E-state index is 14.3. The molecule has 1 atom stereocenters. The molecule has 0 bridgehead atoms. The van der Waals surface area contributed by atoms with Crippen LogP contribution in [-0.2, 0) is 20.7 Å². The summed E-state index contributed by atoms with van der Waals surface area (Å²) in [5.74, 6) is -1.89. The van der Waals surface area contributed by atoms with Crippen LogP contribution in [0.5, 0.6) is 0 Å². The van der Waals surface area contributed by atoms with Gasteiger partial charge in [-0.25, -0.2) is 13.5 Å². The number of amides is 1. The van der Waals surface area contributed by atoms with Crippen molar-refractivity contribution in [1.29, 1.82) is 0 Å². The van der Waals surface area contributed by atoms with Crippen LogP contribution in [-0.4, -0.2) is 51.4 Å². The minimum atomic E-state index is -0.752. The number of carboxylic acid groups (broad SMARTS) is 1. The lowest BCUT2D eigenvalue weighted by atomic mass is 10.1. The maximum Gasteiger partial charge on any atom is 0.303 e. The summed E-state index contributed by atoms with van der Waals surface area (Å²) in [7, 11) is 0. The highest BCUT2D eigenvalue weighted by molar-refractivity contribution is 6.30. The van der Waals surface area contributed by atoms with Gasteiger partial charge in [0, 0.05) is 48.6 Å². The number of carbonyl (C=O) groups excluding carboxylic acids is 1. The number of anilines is 1. The molecule has 3 aromatic carbocycles. The third kappa shape index (κ3) is 7.81. The first kappa shape index (κ1) is 31.2. The number of aliphatic carboxylic acids is 1. The summed E-state index contributed by atoms with van der Waals surface area (Å²) in [6.45, 7) is 1.12. The normalized spacial score (nSPS) is 14.8. The molecule has 8 nitrogen and oxygen atoms in total.